The molecule has 0 bridgehead atoms. The zero-order valence-corrected chi connectivity index (χ0v) is 14.9. The van der Waals surface area contributed by atoms with Gasteiger partial charge in [-0.1, -0.05) is 11.6 Å². The second-order valence-electron chi connectivity index (χ2n) is 6.64. The maximum atomic E-state index is 12.0. The molecule has 0 N–H and O–H groups in total. The van der Waals surface area contributed by atoms with Crippen LogP contribution in [0.4, 0.5) is 5.82 Å². The summed E-state index contributed by atoms with van der Waals surface area (Å²) in [6, 6.07) is 2.02. The predicted octanol–water partition coefficient (Wildman–Crippen LogP) is 2.03. The third kappa shape index (κ3) is 3.34. The summed E-state index contributed by atoms with van der Waals surface area (Å²) in [5.74, 6) is 0.900. The van der Waals surface area contributed by atoms with Gasteiger partial charge in [0, 0.05) is 52.4 Å². The standard InChI is InChI=1S/C17H23ClN4O2/c1-20(2)17(24)12-10-14(18)16(19-11-12)21-8-5-13(6-9-21)22-7-3-4-15(22)23/h10-11,13H,3-9H2,1-2H3. The van der Waals surface area contributed by atoms with Crippen LogP contribution >= 0.6 is 11.6 Å². The lowest BCUT2D eigenvalue weighted by molar-refractivity contribution is -0.130. The van der Waals surface area contributed by atoms with Crippen LogP contribution in [-0.2, 0) is 4.79 Å². The van der Waals surface area contributed by atoms with Crippen molar-refractivity contribution in [2.45, 2.75) is 31.7 Å². The Balaban J connectivity index is 1.66. The molecule has 24 heavy (non-hydrogen) atoms. The normalized spacial score (nSPS) is 19.0. The number of carbonyl (C=O) groups is 2. The minimum atomic E-state index is -0.109. The van der Waals surface area contributed by atoms with E-state index in [0.29, 0.717) is 23.0 Å². The SMILES string of the molecule is CN(C)C(=O)c1cnc(N2CCC(N3CCCC3=O)CC2)c(Cl)c1. The Labute approximate surface area is 147 Å². The van der Waals surface area contributed by atoms with E-state index in [1.807, 2.05) is 4.90 Å². The van der Waals surface area contributed by atoms with Crippen LogP contribution in [0.2, 0.25) is 5.02 Å². The summed E-state index contributed by atoms with van der Waals surface area (Å²) in [6.45, 7) is 2.54. The number of aromatic nitrogens is 1. The van der Waals surface area contributed by atoms with Crippen LogP contribution in [0.15, 0.2) is 12.3 Å². The van der Waals surface area contributed by atoms with Gasteiger partial charge in [0.1, 0.15) is 5.82 Å². The lowest BCUT2D eigenvalue weighted by Gasteiger charge is -2.37. The molecule has 2 aliphatic rings. The van der Waals surface area contributed by atoms with Crippen LogP contribution in [0.5, 0.6) is 0 Å². The number of likely N-dealkylation sites (tertiary alicyclic amines) is 1. The smallest absolute Gasteiger partial charge is 0.254 e. The van der Waals surface area contributed by atoms with Crippen LogP contribution in [0.1, 0.15) is 36.0 Å². The van der Waals surface area contributed by atoms with Gasteiger partial charge in [-0.25, -0.2) is 4.98 Å². The molecule has 3 heterocycles. The molecule has 0 unspecified atom stereocenters. The van der Waals surface area contributed by atoms with Crippen molar-refractivity contribution < 1.29 is 9.59 Å². The molecule has 1 aromatic rings. The number of nitrogens with zero attached hydrogens (tertiary/aromatic N) is 4. The monoisotopic (exact) mass is 350 g/mol. The van der Waals surface area contributed by atoms with Gasteiger partial charge in [0.15, 0.2) is 0 Å². The van der Waals surface area contributed by atoms with Crippen LogP contribution in [-0.4, -0.2) is 66.4 Å². The highest BCUT2D eigenvalue weighted by Gasteiger charge is 2.31. The number of rotatable bonds is 3. The van der Waals surface area contributed by atoms with E-state index < -0.39 is 0 Å². The lowest BCUT2D eigenvalue weighted by Crippen LogP contribution is -2.45. The molecule has 0 radical (unpaired) electrons. The maximum absolute atomic E-state index is 12.0. The molecule has 1 aromatic heterocycles. The van der Waals surface area contributed by atoms with Gasteiger partial charge in [0.05, 0.1) is 10.6 Å². The van der Waals surface area contributed by atoms with Crippen LogP contribution in [0.25, 0.3) is 0 Å². The molecule has 6 nitrogen and oxygen atoms in total. The van der Waals surface area contributed by atoms with Gasteiger partial charge in [-0.3, -0.25) is 9.59 Å². The van der Waals surface area contributed by atoms with E-state index in [9.17, 15) is 9.59 Å². The molecule has 3 rings (SSSR count). The van der Waals surface area contributed by atoms with Gasteiger partial charge in [-0.05, 0) is 25.3 Å². The Kier molecular flexibility index (Phi) is 4.94. The van der Waals surface area contributed by atoms with Gasteiger partial charge < -0.3 is 14.7 Å². The number of halogens is 1. The van der Waals surface area contributed by atoms with Gasteiger partial charge in [-0.15, -0.1) is 0 Å². The third-order valence-corrected chi connectivity index (χ3v) is 5.07. The second kappa shape index (κ2) is 6.97. The Morgan fingerprint density at radius 1 is 1.29 bits per heavy atom. The van der Waals surface area contributed by atoms with Gasteiger partial charge in [-0.2, -0.15) is 0 Å². The topological polar surface area (TPSA) is 56.8 Å². The van der Waals surface area contributed by atoms with Crippen molar-refractivity contribution in [2.75, 3.05) is 38.6 Å². The molecule has 2 saturated heterocycles. The highest BCUT2D eigenvalue weighted by Crippen LogP contribution is 2.29. The zero-order valence-electron chi connectivity index (χ0n) is 14.2. The number of piperidine rings is 1. The van der Waals surface area contributed by atoms with E-state index in [2.05, 4.69) is 9.88 Å². The molecule has 2 fully saturated rings. The molecule has 0 aliphatic carbocycles. The van der Waals surface area contributed by atoms with Crippen molar-refractivity contribution in [3.63, 3.8) is 0 Å². The lowest BCUT2D eigenvalue weighted by atomic mass is 10.0. The number of hydrogen-bond donors (Lipinski definition) is 0. The Morgan fingerprint density at radius 2 is 2.00 bits per heavy atom. The molecule has 0 saturated carbocycles. The van der Waals surface area contributed by atoms with Crippen molar-refractivity contribution in [3.05, 3.63) is 22.8 Å². The highest BCUT2D eigenvalue weighted by molar-refractivity contribution is 6.33. The fourth-order valence-corrected chi connectivity index (χ4v) is 3.77. The summed E-state index contributed by atoms with van der Waals surface area (Å²) >= 11 is 6.36. The average Bonchev–Trinajstić information content (AvgIpc) is 3.00. The number of amides is 2. The predicted molar refractivity (Wildman–Crippen MR) is 93.4 cm³/mol. The Hall–Kier alpha value is -1.82. The number of anilines is 1. The fourth-order valence-electron chi connectivity index (χ4n) is 3.48. The first-order valence-corrected chi connectivity index (χ1v) is 8.77. The maximum Gasteiger partial charge on any atom is 0.254 e. The van der Waals surface area contributed by atoms with E-state index in [1.165, 1.54) is 4.90 Å². The van der Waals surface area contributed by atoms with Crippen LogP contribution in [0, 0.1) is 0 Å². The molecule has 7 heteroatoms. The van der Waals surface area contributed by atoms with Crippen molar-refractivity contribution in [1.29, 1.82) is 0 Å². The molecule has 0 atom stereocenters. The van der Waals surface area contributed by atoms with Crippen LogP contribution in [0.3, 0.4) is 0 Å². The molecular formula is C17H23ClN4O2. The summed E-state index contributed by atoms with van der Waals surface area (Å²) in [5, 5.41) is 0.499. The summed E-state index contributed by atoms with van der Waals surface area (Å²) in [5.41, 5.74) is 0.492. The fraction of sp³-hybridized carbons (Fsp3) is 0.588. The quantitative estimate of drug-likeness (QED) is 0.837. The molecule has 2 aliphatic heterocycles. The number of hydrogen-bond acceptors (Lipinski definition) is 4. The minimum absolute atomic E-state index is 0.109. The minimum Gasteiger partial charge on any atom is -0.355 e. The second-order valence-corrected chi connectivity index (χ2v) is 7.05. The van der Waals surface area contributed by atoms with Gasteiger partial charge in [0.25, 0.3) is 5.91 Å². The molecular weight excluding hydrogens is 328 g/mol. The van der Waals surface area contributed by atoms with E-state index in [0.717, 1.165) is 44.7 Å². The number of pyridine rings is 1. The van der Waals surface area contributed by atoms with Crippen molar-refractivity contribution in [1.82, 2.24) is 14.8 Å². The van der Waals surface area contributed by atoms with E-state index >= 15 is 0 Å². The Morgan fingerprint density at radius 3 is 2.54 bits per heavy atom. The van der Waals surface area contributed by atoms with Gasteiger partial charge in [0.2, 0.25) is 5.91 Å². The third-order valence-electron chi connectivity index (χ3n) is 4.79. The van der Waals surface area contributed by atoms with E-state index in [4.69, 9.17) is 11.6 Å². The Bertz CT molecular complexity index is 641. The molecule has 130 valence electrons. The van der Waals surface area contributed by atoms with E-state index in [-0.39, 0.29) is 11.8 Å². The van der Waals surface area contributed by atoms with Gasteiger partial charge >= 0.3 is 0 Å². The summed E-state index contributed by atoms with van der Waals surface area (Å²) < 4.78 is 0. The molecule has 0 aromatic carbocycles. The molecule has 0 spiro atoms. The first-order valence-electron chi connectivity index (χ1n) is 8.39. The zero-order chi connectivity index (χ0) is 17.3. The summed E-state index contributed by atoms with van der Waals surface area (Å²) in [6.07, 6.45) is 5.12. The average molecular weight is 351 g/mol. The van der Waals surface area contributed by atoms with Crippen molar-refractivity contribution in [3.8, 4) is 0 Å². The summed E-state index contributed by atoms with van der Waals surface area (Å²) in [4.78, 5) is 33.9. The van der Waals surface area contributed by atoms with Crippen molar-refractivity contribution >= 4 is 29.2 Å². The first kappa shape index (κ1) is 17.0. The van der Waals surface area contributed by atoms with Crippen LogP contribution < -0.4 is 4.90 Å². The highest BCUT2D eigenvalue weighted by atomic mass is 35.5. The molecule has 2 amide bonds. The summed E-state index contributed by atoms with van der Waals surface area (Å²) in [7, 11) is 3.41. The van der Waals surface area contributed by atoms with E-state index in [1.54, 1.807) is 26.4 Å². The van der Waals surface area contributed by atoms with Crippen molar-refractivity contribution in [2.24, 2.45) is 0 Å². The first-order chi connectivity index (χ1) is 11.5. The number of carbonyl (C=O) groups excluding carboxylic acids is 2. The largest absolute Gasteiger partial charge is 0.355 e.